The predicted octanol–water partition coefficient (Wildman–Crippen LogP) is 1.66. The molecule has 0 unspecified atom stereocenters. The number of hydrogen-bond acceptors (Lipinski definition) is 4. The van der Waals surface area contributed by atoms with Gasteiger partial charge < -0.3 is 15.3 Å². The predicted molar refractivity (Wildman–Crippen MR) is 81.9 cm³/mol. The van der Waals surface area contributed by atoms with E-state index in [1.54, 1.807) is 6.20 Å². The number of carbonyl (C=O) groups is 2. The Morgan fingerprint density at radius 2 is 2.05 bits per heavy atom. The SMILES string of the molecule is O=C(N[C@@H]1CC[C@H](C(=O)O)C1)c1cc(N2CCCC2)ccn1. The molecule has 6 nitrogen and oxygen atoms in total. The molecule has 3 rings (SSSR count). The molecule has 1 aliphatic heterocycles. The van der Waals surface area contributed by atoms with Crippen molar-refractivity contribution in [2.75, 3.05) is 18.0 Å². The van der Waals surface area contributed by atoms with Gasteiger partial charge in [0.15, 0.2) is 0 Å². The number of carboxylic acid groups (broad SMARTS) is 1. The van der Waals surface area contributed by atoms with E-state index in [2.05, 4.69) is 15.2 Å². The molecule has 2 fully saturated rings. The maximum absolute atomic E-state index is 12.3. The van der Waals surface area contributed by atoms with E-state index in [1.807, 2.05) is 12.1 Å². The number of nitrogens with one attached hydrogen (secondary N) is 1. The van der Waals surface area contributed by atoms with Crippen LogP contribution < -0.4 is 10.2 Å². The number of amides is 1. The first kappa shape index (κ1) is 14.8. The molecule has 6 heteroatoms. The molecule has 1 aromatic heterocycles. The van der Waals surface area contributed by atoms with Crippen molar-refractivity contribution in [1.82, 2.24) is 10.3 Å². The number of pyridine rings is 1. The minimum Gasteiger partial charge on any atom is -0.481 e. The summed E-state index contributed by atoms with van der Waals surface area (Å²) in [5.41, 5.74) is 1.44. The number of anilines is 1. The van der Waals surface area contributed by atoms with Crippen LogP contribution in [0.25, 0.3) is 0 Å². The van der Waals surface area contributed by atoms with Crippen molar-refractivity contribution in [2.45, 2.75) is 38.1 Å². The van der Waals surface area contributed by atoms with Crippen LogP contribution in [-0.2, 0) is 4.79 Å². The van der Waals surface area contributed by atoms with Crippen LogP contribution in [0, 0.1) is 5.92 Å². The van der Waals surface area contributed by atoms with Gasteiger partial charge in [-0.2, -0.15) is 0 Å². The Morgan fingerprint density at radius 3 is 2.73 bits per heavy atom. The molecule has 2 aliphatic rings. The van der Waals surface area contributed by atoms with Crippen molar-refractivity contribution in [3.05, 3.63) is 24.0 Å². The second-order valence-electron chi connectivity index (χ2n) is 6.11. The lowest BCUT2D eigenvalue weighted by Gasteiger charge is -2.18. The highest BCUT2D eigenvalue weighted by Gasteiger charge is 2.30. The molecule has 2 atom stereocenters. The van der Waals surface area contributed by atoms with E-state index in [-0.39, 0.29) is 17.9 Å². The number of aromatic nitrogens is 1. The molecule has 1 aliphatic carbocycles. The van der Waals surface area contributed by atoms with Gasteiger partial charge in [0.2, 0.25) is 0 Å². The Balaban J connectivity index is 1.63. The number of aliphatic carboxylic acids is 1. The Labute approximate surface area is 129 Å². The van der Waals surface area contributed by atoms with Gasteiger partial charge in [0.25, 0.3) is 5.91 Å². The van der Waals surface area contributed by atoms with E-state index >= 15 is 0 Å². The van der Waals surface area contributed by atoms with Gasteiger partial charge in [0, 0.05) is 31.0 Å². The normalized spacial score (nSPS) is 24.5. The van der Waals surface area contributed by atoms with Gasteiger partial charge in [-0.05, 0) is 44.2 Å². The van der Waals surface area contributed by atoms with Crippen LogP contribution in [0.3, 0.4) is 0 Å². The van der Waals surface area contributed by atoms with Gasteiger partial charge in [-0.25, -0.2) is 0 Å². The fourth-order valence-electron chi connectivity index (χ4n) is 3.31. The van der Waals surface area contributed by atoms with Crippen LogP contribution in [0.15, 0.2) is 18.3 Å². The van der Waals surface area contributed by atoms with Gasteiger partial charge in [0.1, 0.15) is 5.69 Å². The Hall–Kier alpha value is -2.11. The van der Waals surface area contributed by atoms with Crippen LogP contribution in [0.1, 0.15) is 42.6 Å². The van der Waals surface area contributed by atoms with Gasteiger partial charge in [-0.15, -0.1) is 0 Å². The summed E-state index contributed by atoms with van der Waals surface area (Å²) in [7, 11) is 0. The van der Waals surface area contributed by atoms with E-state index < -0.39 is 5.97 Å². The molecule has 1 saturated carbocycles. The maximum atomic E-state index is 12.3. The van der Waals surface area contributed by atoms with Crippen molar-refractivity contribution in [3.8, 4) is 0 Å². The third-order valence-corrected chi connectivity index (χ3v) is 4.56. The highest BCUT2D eigenvalue weighted by atomic mass is 16.4. The number of nitrogens with zero attached hydrogens (tertiary/aromatic N) is 2. The largest absolute Gasteiger partial charge is 0.481 e. The van der Waals surface area contributed by atoms with E-state index in [0.29, 0.717) is 25.0 Å². The van der Waals surface area contributed by atoms with E-state index in [0.717, 1.165) is 18.8 Å². The second-order valence-corrected chi connectivity index (χ2v) is 6.11. The summed E-state index contributed by atoms with van der Waals surface area (Å²) >= 11 is 0. The van der Waals surface area contributed by atoms with E-state index in [9.17, 15) is 9.59 Å². The molecular weight excluding hydrogens is 282 g/mol. The van der Waals surface area contributed by atoms with Gasteiger partial charge >= 0.3 is 5.97 Å². The van der Waals surface area contributed by atoms with Crippen LogP contribution in [0.2, 0.25) is 0 Å². The van der Waals surface area contributed by atoms with Gasteiger partial charge in [0.05, 0.1) is 5.92 Å². The van der Waals surface area contributed by atoms with Crippen LogP contribution >= 0.6 is 0 Å². The van der Waals surface area contributed by atoms with Crippen molar-refractivity contribution in [1.29, 1.82) is 0 Å². The number of hydrogen-bond donors (Lipinski definition) is 2. The molecule has 0 bridgehead atoms. The smallest absolute Gasteiger partial charge is 0.306 e. The number of carbonyl (C=O) groups excluding carboxylic acids is 1. The van der Waals surface area contributed by atoms with Crippen molar-refractivity contribution in [2.24, 2.45) is 5.92 Å². The molecule has 1 aromatic rings. The Morgan fingerprint density at radius 1 is 1.27 bits per heavy atom. The van der Waals surface area contributed by atoms with Crippen LogP contribution in [-0.4, -0.2) is 41.1 Å². The van der Waals surface area contributed by atoms with Crippen LogP contribution in [0.4, 0.5) is 5.69 Å². The average Bonchev–Trinajstić information content (AvgIpc) is 3.19. The molecular formula is C16H21N3O3. The molecule has 0 aromatic carbocycles. The summed E-state index contributed by atoms with van der Waals surface area (Å²) in [6, 6.07) is 3.69. The third-order valence-electron chi connectivity index (χ3n) is 4.56. The summed E-state index contributed by atoms with van der Waals surface area (Å²) < 4.78 is 0. The van der Waals surface area contributed by atoms with Crippen LogP contribution in [0.5, 0.6) is 0 Å². The monoisotopic (exact) mass is 303 g/mol. The number of carboxylic acids is 1. The van der Waals surface area contributed by atoms with E-state index in [4.69, 9.17) is 5.11 Å². The molecule has 2 N–H and O–H groups in total. The summed E-state index contributed by atoms with van der Waals surface area (Å²) in [5, 5.41) is 11.9. The summed E-state index contributed by atoms with van der Waals surface area (Å²) in [6.45, 7) is 2.04. The first-order valence-corrected chi connectivity index (χ1v) is 7.88. The Kier molecular flexibility index (Phi) is 4.27. The Bertz CT molecular complexity index is 570. The lowest BCUT2D eigenvalue weighted by atomic mass is 10.1. The average molecular weight is 303 g/mol. The highest BCUT2D eigenvalue weighted by molar-refractivity contribution is 5.93. The van der Waals surface area contributed by atoms with Crippen molar-refractivity contribution >= 4 is 17.6 Å². The topological polar surface area (TPSA) is 82.5 Å². The van der Waals surface area contributed by atoms with Crippen molar-refractivity contribution in [3.63, 3.8) is 0 Å². The summed E-state index contributed by atoms with van der Waals surface area (Å²) in [6.07, 6.45) is 5.88. The standard InChI is InChI=1S/C16H21N3O3/c20-15(18-12-4-3-11(9-12)16(21)22)14-10-13(5-6-17-14)19-7-1-2-8-19/h5-6,10-12H,1-4,7-9H2,(H,18,20)(H,21,22)/t11-,12+/m0/s1. The molecule has 0 spiro atoms. The minimum absolute atomic E-state index is 0.0640. The zero-order valence-electron chi connectivity index (χ0n) is 12.5. The lowest BCUT2D eigenvalue weighted by Crippen LogP contribution is -2.34. The summed E-state index contributed by atoms with van der Waals surface area (Å²) in [5.74, 6) is -1.32. The van der Waals surface area contributed by atoms with Gasteiger partial charge in [-0.1, -0.05) is 0 Å². The molecule has 0 radical (unpaired) electrons. The fourth-order valence-corrected chi connectivity index (χ4v) is 3.31. The lowest BCUT2D eigenvalue weighted by molar-refractivity contribution is -0.141. The van der Waals surface area contributed by atoms with Gasteiger partial charge in [-0.3, -0.25) is 14.6 Å². The third kappa shape index (κ3) is 3.21. The number of rotatable bonds is 4. The first-order valence-electron chi connectivity index (χ1n) is 7.88. The molecule has 22 heavy (non-hydrogen) atoms. The minimum atomic E-state index is -0.772. The zero-order chi connectivity index (χ0) is 15.5. The fraction of sp³-hybridized carbons (Fsp3) is 0.562. The molecule has 1 saturated heterocycles. The van der Waals surface area contributed by atoms with Crippen molar-refractivity contribution < 1.29 is 14.7 Å². The molecule has 1 amide bonds. The quantitative estimate of drug-likeness (QED) is 0.884. The maximum Gasteiger partial charge on any atom is 0.306 e. The zero-order valence-corrected chi connectivity index (χ0v) is 12.5. The molecule has 118 valence electrons. The summed E-state index contributed by atoms with van der Waals surface area (Å²) in [4.78, 5) is 29.7. The molecule has 2 heterocycles. The second kappa shape index (κ2) is 6.34. The van der Waals surface area contributed by atoms with E-state index in [1.165, 1.54) is 12.8 Å². The first-order chi connectivity index (χ1) is 10.6. The highest BCUT2D eigenvalue weighted by Crippen LogP contribution is 2.26.